The van der Waals surface area contributed by atoms with Gasteiger partial charge in [0.05, 0.1) is 24.0 Å². The summed E-state index contributed by atoms with van der Waals surface area (Å²) in [4.78, 5) is 25.2. The van der Waals surface area contributed by atoms with Gasteiger partial charge in [-0.15, -0.1) is 0 Å². The minimum absolute atomic E-state index is 0.0974. The Morgan fingerprint density at radius 3 is 2.33 bits per heavy atom. The Morgan fingerprint density at radius 1 is 0.970 bits per heavy atom. The SMILES string of the molecule is COC(=O)c1ccccc1NC(=O)C1=C(c2ccccc2)c2cc(Cl)ccc2N(C)S1(=O)=O. The molecular weight excluding hydrogens is 464 g/mol. The van der Waals surface area contributed by atoms with Gasteiger partial charge in [0.25, 0.3) is 15.9 Å². The number of carbonyl (C=O) groups is 2. The molecule has 0 aliphatic carbocycles. The van der Waals surface area contributed by atoms with Gasteiger partial charge in [-0.1, -0.05) is 54.1 Å². The van der Waals surface area contributed by atoms with Crippen LogP contribution in [0.25, 0.3) is 5.57 Å². The van der Waals surface area contributed by atoms with Crippen molar-refractivity contribution in [2.24, 2.45) is 0 Å². The Labute approximate surface area is 196 Å². The van der Waals surface area contributed by atoms with Gasteiger partial charge in [0.15, 0.2) is 4.91 Å². The Morgan fingerprint density at radius 2 is 1.64 bits per heavy atom. The van der Waals surface area contributed by atoms with Crippen molar-refractivity contribution >= 4 is 50.4 Å². The van der Waals surface area contributed by atoms with Crippen LogP contribution in [-0.2, 0) is 19.6 Å². The van der Waals surface area contributed by atoms with Gasteiger partial charge >= 0.3 is 5.97 Å². The standard InChI is InChI=1S/C24H19ClN2O5S/c1-27-20-13-12-16(25)14-18(20)21(15-8-4-3-5-9-15)22(33(27,30)31)23(28)26-19-11-7-6-10-17(19)24(29)32-2/h3-14H,1-2H3,(H,26,28). The van der Waals surface area contributed by atoms with E-state index in [0.717, 1.165) is 4.31 Å². The average Bonchev–Trinajstić information content (AvgIpc) is 2.81. The Balaban J connectivity index is 1.97. The van der Waals surface area contributed by atoms with Crippen molar-refractivity contribution < 1.29 is 22.7 Å². The highest BCUT2D eigenvalue weighted by Crippen LogP contribution is 2.43. The number of carbonyl (C=O) groups excluding carboxylic acids is 2. The largest absolute Gasteiger partial charge is 0.465 e. The molecule has 0 bridgehead atoms. The first-order valence-corrected chi connectivity index (χ1v) is 11.6. The number of hydrogen-bond donors (Lipinski definition) is 1. The number of sulfonamides is 1. The summed E-state index contributed by atoms with van der Waals surface area (Å²) in [6, 6.07) is 19.7. The molecule has 1 heterocycles. The highest BCUT2D eigenvalue weighted by Gasteiger charge is 2.40. The van der Waals surface area contributed by atoms with Gasteiger partial charge in [-0.3, -0.25) is 9.10 Å². The molecule has 168 valence electrons. The van der Waals surface area contributed by atoms with Crippen molar-refractivity contribution in [3.05, 3.63) is 99.4 Å². The molecule has 0 saturated heterocycles. The zero-order chi connectivity index (χ0) is 23.8. The Bertz CT molecular complexity index is 1400. The predicted octanol–water partition coefficient (Wildman–Crippen LogP) is 4.30. The maximum atomic E-state index is 13.5. The van der Waals surface area contributed by atoms with Crippen molar-refractivity contribution in [3.63, 3.8) is 0 Å². The third-order valence-electron chi connectivity index (χ3n) is 5.26. The molecule has 7 nitrogen and oxygen atoms in total. The molecule has 33 heavy (non-hydrogen) atoms. The van der Waals surface area contributed by atoms with Gasteiger partial charge in [-0.2, -0.15) is 0 Å². The number of amides is 1. The summed E-state index contributed by atoms with van der Waals surface area (Å²) in [6.45, 7) is 0. The zero-order valence-corrected chi connectivity index (χ0v) is 19.3. The number of anilines is 2. The summed E-state index contributed by atoms with van der Waals surface area (Å²) in [6.07, 6.45) is 0. The van der Waals surface area contributed by atoms with E-state index in [1.165, 1.54) is 26.3 Å². The van der Waals surface area contributed by atoms with Crippen LogP contribution < -0.4 is 9.62 Å². The number of nitrogens with zero attached hydrogens (tertiary/aromatic N) is 1. The summed E-state index contributed by atoms with van der Waals surface area (Å²) < 4.78 is 32.9. The second kappa shape index (κ2) is 8.73. The number of halogens is 1. The molecule has 0 fully saturated rings. The van der Waals surface area contributed by atoms with Crippen LogP contribution in [0.5, 0.6) is 0 Å². The first-order chi connectivity index (χ1) is 15.8. The van der Waals surface area contributed by atoms with Crippen molar-refractivity contribution in [2.45, 2.75) is 0 Å². The molecule has 1 aliphatic heterocycles. The van der Waals surface area contributed by atoms with Gasteiger partial charge in [0.2, 0.25) is 0 Å². The van der Waals surface area contributed by atoms with E-state index in [4.69, 9.17) is 16.3 Å². The van der Waals surface area contributed by atoms with Crippen LogP contribution in [0.2, 0.25) is 5.02 Å². The first-order valence-electron chi connectivity index (χ1n) is 9.83. The summed E-state index contributed by atoms with van der Waals surface area (Å²) in [5.41, 5.74) is 1.87. The lowest BCUT2D eigenvalue weighted by molar-refractivity contribution is -0.112. The van der Waals surface area contributed by atoms with Crippen LogP contribution in [0.4, 0.5) is 11.4 Å². The smallest absolute Gasteiger partial charge is 0.339 e. The minimum atomic E-state index is -4.24. The second-order valence-electron chi connectivity index (χ2n) is 7.20. The molecule has 0 spiro atoms. The molecule has 9 heteroatoms. The van der Waals surface area contributed by atoms with E-state index in [1.54, 1.807) is 60.7 Å². The number of methoxy groups -OCH3 is 1. The normalized spacial score (nSPS) is 14.5. The molecule has 0 unspecified atom stereocenters. The minimum Gasteiger partial charge on any atom is -0.465 e. The maximum Gasteiger partial charge on any atom is 0.339 e. The van der Waals surface area contributed by atoms with Gasteiger partial charge in [0, 0.05) is 23.2 Å². The van der Waals surface area contributed by atoms with Crippen LogP contribution in [0.15, 0.2) is 77.7 Å². The summed E-state index contributed by atoms with van der Waals surface area (Å²) in [5.74, 6) is -1.55. The third-order valence-corrected chi connectivity index (χ3v) is 7.32. The van der Waals surface area contributed by atoms with Gasteiger partial charge in [-0.05, 0) is 35.9 Å². The number of fused-ring (bicyclic) bond motifs is 1. The number of ether oxygens (including phenoxy) is 1. The lowest BCUT2D eigenvalue weighted by Crippen LogP contribution is -2.37. The van der Waals surface area contributed by atoms with E-state index < -0.39 is 26.8 Å². The average molecular weight is 483 g/mol. The van der Waals surface area contributed by atoms with E-state index >= 15 is 0 Å². The number of esters is 1. The summed E-state index contributed by atoms with van der Waals surface area (Å²) in [5, 5.41) is 2.97. The van der Waals surface area contributed by atoms with E-state index in [0.29, 0.717) is 21.8 Å². The maximum absolute atomic E-state index is 13.5. The topological polar surface area (TPSA) is 92.8 Å². The molecule has 1 aliphatic rings. The monoisotopic (exact) mass is 482 g/mol. The molecule has 0 radical (unpaired) electrons. The molecule has 0 atom stereocenters. The fourth-order valence-electron chi connectivity index (χ4n) is 3.68. The van der Waals surface area contributed by atoms with E-state index in [1.807, 2.05) is 0 Å². The van der Waals surface area contributed by atoms with Crippen LogP contribution in [0.1, 0.15) is 21.5 Å². The lowest BCUT2D eigenvalue weighted by atomic mass is 9.95. The van der Waals surface area contributed by atoms with E-state index in [9.17, 15) is 18.0 Å². The number of hydrogen-bond acceptors (Lipinski definition) is 5. The fraction of sp³-hybridized carbons (Fsp3) is 0.0833. The highest BCUT2D eigenvalue weighted by molar-refractivity contribution is 7.97. The highest BCUT2D eigenvalue weighted by atomic mass is 35.5. The molecule has 3 aromatic carbocycles. The lowest BCUT2D eigenvalue weighted by Gasteiger charge is -2.31. The molecule has 4 rings (SSSR count). The van der Waals surface area contributed by atoms with E-state index in [2.05, 4.69) is 5.32 Å². The molecule has 0 saturated carbocycles. The summed E-state index contributed by atoms with van der Waals surface area (Å²) in [7, 11) is -1.65. The van der Waals surface area contributed by atoms with E-state index in [-0.39, 0.29) is 16.8 Å². The Kier molecular flexibility index (Phi) is 5.97. The van der Waals surface area contributed by atoms with Crippen molar-refractivity contribution in [1.29, 1.82) is 0 Å². The quantitative estimate of drug-likeness (QED) is 0.559. The molecule has 3 aromatic rings. The van der Waals surface area contributed by atoms with Crippen LogP contribution in [0, 0.1) is 0 Å². The van der Waals surface area contributed by atoms with Gasteiger partial charge in [0.1, 0.15) is 0 Å². The number of para-hydroxylation sites is 1. The fourth-order valence-corrected chi connectivity index (χ4v) is 5.32. The second-order valence-corrected chi connectivity index (χ2v) is 9.54. The van der Waals surface area contributed by atoms with Crippen LogP contribution in [0.3, 0.4) is 0 Å². The van der Waals surface area contributed by atoms with Crippen LogP contribution >= 0.6 is 11.6 Å². The van der Waals surface area contributed by atoms with Gasteiger partial charge < -0.3 is 10.1 Å². The predicted molar refractivity (Wildman–Crippen MR) is 128 cm³/mol. The molecule has 1 amide bonds. The van der Waals surface area contributed by atoms with Gasteiger partial charge in [-0.25, -0.2) is 13.2 Å². The van der Waals surface area contributed by atoms with Crippen molar-refractivity contribution in [1.82, 2.24) is 0 Å². The summed E-state index contributed by atoms with van der Waals surface area (Å²) >= 11 is 6.23. The van der Waals surface area contributed by atoms with Crippen LogP contribution in [-0.4, -0.2) is 34.5 Å². The first kappa shape index (κ1) is 22.6. The number of nitrogens with one attached hydrogen (secondary N) is 1. The molecule has 1 N–H and O–H groups in total. The number of benzene rings is 3. The number of rotatable bonds is 4. The Hall–Kier alpha value is -3.62. The third kappa shape index (κ3) is 3.99. The molecule has 0 aromatic heterocycles. The van der Waals surface area contributed by atoms with Crippen molar-refractivity contribution in [3.8, 4) is 0 Å². The zero-order valence-electron chi connectivity index (χ0n) is 17.7. The molecular formula is C24H19ClN2O5S. The van der Waals surface area contributed by atoms with Crippen molar-refractivity contribution in [2.75, 3.05) is 23.8 Å².